The Morgan fingerprint density at radius 3 is 2.63 bits per heavy atom. The van der Waals surface area contributed by atoms with Gasteiger partial charge in [0.05, 0.1) is 11.9 Å². The third-order valence-electron chi connectivity index (χ3n) is 2.11. The lowest BCUT2D eigenvalue weighted by Gasteiger charge is -2.12. The second-order valence-corrected chi connectivity index (χ2v) is 5.27. The van der Waals surface area contributed by atoms with Crippen LogP contribution in [0.4, 0.5) is 13.2 Å². The van der Waals surface area contributed by atoms with Gasteiger partial charge in [0, 0.05) is 11.3 Å². The van der Waals surface area contributed by atoms with Gasteiger partial charge < -0.3 is 4.74 Å². The Balaban J connectivity index is 3.03. The highest BCUT2D eigenvalue weighted by Gasteiger charge is 2.30. The number of benzene rings is 1. The first-order valence-corrected chi connectivity index (χ1v) is 7.38. The predicted octanol–water partition coefficient (Wildman–Crippen LogP) is 4.20. The molecule has 0 heterocycles. The van der Waals surface area contributed by atoms with Crippen molar-refractivity contribution in [1.82, 2.24) is 0 Å². The summed E-state index contributed by atoms with van der Waals surface area (Å²) in [6, 6.07) is 4.39. The molecule has 0 aliphatic rings. The molecule has 1 rings (SSSR count). The minimum atomic E-state index is -4.39. The second kappa shape index (κ2) is 7.19. The molecule has 1 aromatic carbocycles. The number of thioether (sulfide) groups is 1. The number of rotatable bonds is 6. The van der Waals surface area contributed by atoms with E-state index in [2.05, 4.69) is 15.9 Å². The highest BCUT2D eigenvalue weighted by Crippen LogP contribution is 2.40. The lowest BCUT2D eigenvalue weighted by molar-refractivity contribution is -0.115. The second-order valence-electron chi connectivity index (χ2n) is 3.60. The van der Waals surface area contributed by atoms with Crippen LogP contribution >= 0.6 is 27.7 Å². The maximum absolute atomic E-state index is 12.5. The summed E-state index contributed by atoms with van der Waals surface area (Å²) in [5, 5.41) is 0.121. The maximum Gasteiger partial charge on any atom is 0.446 e. The van der Waals surface area contributed by atoms with E-state index in [4.69, 9.17) is 4.74 Å². The Kier molecular flexibility index (Phi) is 6.19. The lowest BCUT2D eigenvalue weighted by atomic mass is 10.1. The van der Waals surface area contributed by atoms with Gasteiger partial charge in [0.1, 0.15) is 11.5 Å². The molecule has 0 amide bonds. The molecule has 0 aromatic heterocycles. The van der Waals surface area contributed by atoms with Crippen molar-refractivity contribution in [1.29, 1.82) is 0 Å². The number of halogens is 4. The maximum atomic E-state index is 12.5. The molecule has 0 bridgehead atoms. The van der Waals surface area contributed by atoms with Crippen molar-refractivity contribution in [2.45, 2.75) is 23.7 Å². The van der Waals surface area contributed by atoms with E-state index in [1.165, 1.54) is 12.1 Å². The number of carbonyl (C=O) groups excluding carboxylic acids is 1. The highest BCUT2D eigenvalue weighted by atomic mass is 79.9. The molecule has 7 heteroatoms. The lowest BCUT2D eigenvalue weighted by Crippen LogP contribution is -2.07. The van der Waals surface area contributed by atoms with Crippen LogP contribution in [0.25, 0.3) is 0 Å². The Morgan fingerprint density at radius 1 is 1.42 bits per heavy atom. The van der Waals surface area contributed by atoms with Crippen LogP contribution < -0.4 is 4.74 Å². The number of carbonyl (C=O) groups is 1. The van der Waals surface area contributed by atoms with Crippen molar-refractivity contribution in [2.75, 3.05) is 11.9 Å². The Labute approximate surface area is 121 Å². The summed E-state index contributed by atoms with van der Waals surface area (Å²) >= 11 is 2.77. The predicted molar refractivity (Wildman–Crippen MR) is 72.0 cm³/mol. The van der Waals surface area contributed by atoms with Crippen LogP contribution in [0.3, 0.4) is 0 Å². The Hall–Kier alpha value is -0.690. The first-order chi connectivity index (χ1) is 8.85. The monoisotopic (exact) mass is 356 g/mol. The van der Waals surface area contributed by atoms with Gasteiger partial charge in [-0.3, -0.25) is 4.79 Å². The van der Waals surface area contributed by atoms with Crippen molar-refractivity contribution in [3.05, 3.63) is 23.8 Å². The fourth-order valence-corrected chi connectivity index (χ4v) is 2.31. The zero-order valence-corrected chi connectivity index (χ0v) is 12.5. The summed E-state index contributed by atoms with van der Waals surface area (Å²) in [6.07, 6.45) is -0.0317. The van der Waals surface area contributed by atoms with Crippen LogP contribution in [0.1, 0.15) is 12.5 Å². The SMILES string of the molecule is CCOc1ccc(CC(=O)CBr)c(SC(F)(F)F)c1. The molecular formula is C12H12BrF3O2S. The molecule has 0 spiro atoms. The zero-order valence-electron chi connectivity index (χ0n) is 10.1. The van der Waals surface area contributed by atoms with E-state index < -0.39 is 5.51 Å². The molecule has 1 aromatic rings. The number of ether oxygens (including phenoxy) is 1. The Bertz CT molecular complexity index is 449. The molecule has 0 saturated heterocycles. The third-order valence-corrected chi connectivity index (χ3v) is 3.57. The quantitative estimate of drug-likeness (QED) is 0.564. The molecule has 0 unspecified atom stereocenters. The summed E-state index contributed by atoms with van der Waals surface area (Å²) in [6.45, 7) is 2.12. The average Bonchev–Trinajstić information content (AvgIpc) is 2.30. The first kappa shape index (κ1) is 16.4. The average molecular weight is 357 g/mol. The van der Waals surface area contributed by atoms with E-state index in [1.807, 2.05) is 0 Å². The number of hydrogen-bond acceptors (Lipinski definition) is 3. The van der Waals surface area contributed by atoms with Crippen LogP contribution in [0, 0.1) is 0 Å². The fourth-order valence-electron chi connectivity index (χ4n) is 1.42. The van der Waals surface area contributed by atoms with Gasteiger partial charge in [0.15, 0.2) is 0 Å². The summed E-state index contributed by atoms with van der Waals surface area (Å²) in [4.78, 5) is 11.3. The summed E-state index contributed by atoms with van der Waals surface area (Å²) < 4.78 is 42.6. The minimum Gasteiger partial charge on any atom is -0.494 e. The van der Waals surface area contributed by atoms with Gasteiger partial charge in [-0.05, 0) is 36.4 Å². The van der Waals surface area contributed by atoms with Gasteiger partial charge in [-0.15, -0.1) is 0 Å². The minimum absolute atomic E-state index is 0.00718. The third kappa shape index (κ3) is 5.86. The molecule has 0 fully saturated rings. The van der Waals surface area contributed by atoms with Crippen LogP contribution in [-0.2, 0) is 11.2 Å². The topological polar surface area (TPSA) is 26.3 Å². The smallest absolute Gasteiger partial charge is 0.446 e. The number of Topliss-reactive ketones (excluding diaryl/α,β-unsaturated/α-hetero) is 1. The number of hydrogen-bond donors (Lipinski definition) is 0. The van der Waals surface area contributed by atoms with Crippen molar-refractivity contribution >= 4 is 33.5 Å². The van der Waals surface area contributed by atoms with E-state index >= 15 is 0 Å². The van der Waals surface area contributed by atoms with Crippen molar-refractivity contribution < 1.29 is 22.7 Å². The largest absolute Gasteiger partial charge is 0.494 e. The molecule has 0 aliphatic carbocycles. The summed E-state index contributed by atoms with van der Waals surface area (Å²) in [5.41, 5.74) is -4.04. The highest BCUT2D eigenvalue weighted by molar-refractivity contribution is 9.09. The van der Waals surface area contributed by atoms with E-state index in [-0.39, 0.29) is 34.2 Å². The molecule has 2 nitrogen and oxygen atoms in total. The molecule has 0 N–H and O–H groups in total. The van der Waals surface area contributed by atoms with Crippen molar-refractivity contribution in [2.24, 2.45) is 0 Å². The van der Waals surface area contributed by atoms with Gasteiger partial charge in [-0.1, -0.05) is 22.0 Å². The van der Waals surface area contributed by atoms with Crippen LogP contribution in [0.5, 0.6) is 5.75 Å². The van der Waals surface area contributed by atoms with Gasteiger partial charge in [0.2, 0.25) is 0 Å². The van der Waals surface area contributed by atoms with Crippen LogP contribution in [0.15, 0.2) is 23.1 Å². The van der Waals surface area contributed by atoms with Crippen LogP contribution in [-0.4, -0.2) is 23.2 Å². The molecule has 106 valence electrons. The zero-order chi connectivity index (χ0) is 14.5. The van der Waals surface area contributed by atoms with Gasteiger partial charge in [-0.25, -0.2) is 0 Å². The number of ketones is 1. The molecule has 0 saturated carbocycles. The van der Waals surface area contributed by atoms with Crippen molar-refractivity contribution in [3.63, 3.8) is 0 Å². The normalized spacial score (nSPS) is 11.4. The Morgan fingerprint density at radius 2 is 2.11 bits per heavy atom. The van der Waals surface area contributed by atoms with E-state index in [9.17, 15) is 18.0 Å². The number of alkyl halides is 4. The summed E-state index contributed by atoms with van der Waals surface area (Å²) in [5.74, 6) is 0.192. The molecule has 0 radical (unpaired) electrons. The van der Waals surface area contributed by atoms with Gasteiger partial charge >= 0.3 is 5.51 Å². The molecule has 0 aliphatic heterocycles. The van der Waals surface area contributed by atoms with Gasteiger partial charge in [0.25, 0.3) is 0 Å². The molecular weight excluding hydrogens is 345 g/mol. The van der Waals surface area contributed by atoms with Gasteiger partial charge in [-0.2, -0.15) is 13.2 Å². The standard InChI is InChI=1S/C12H12BrF3O2S/c1-2-18-10-4-3-8(5-9(17)7-13)11(6-10)19-12(14,15)16/h3-4,6H,2,5,7H2,1H3. The molecule has 0 atom stereocenters. The van der Waals surface area contributed by atoms with E-state index in [0.717, 1.165) is 0 Å². The summed E-state index contributed by atoms with van der Waals surface area (Å²) in [7, 11) is 0. The molecule has 19 heavy (non-hydrogen) atoms. The first-order valence-electron chi connectivity index (χ1n) is 5.45. The fraction of sp³-hybridized carbons (Fsp3) is 0.417. The van der Waals surface area contributed by atoms with Crippen LogP contribution in [0.2, 0.25) is 0 Å². The van der Waals surface area contributed by atoms with E-state index in [0.29, 0.717) is 17.9 Å². The van der Waals surface area contributed by atoms with E-state index in [1.54, 1.807) is 13.0 Å². The van der Waals surface area contributed by atoms with Crippen molar-refractivity contribution in [3.8, 4) is 5.75 Å².